The third kappa shape index (κ3) is 3.55. The molecule has 0 radical (unpaired) electrons. The Labute approximate surface area is 126 Å². The summed E-state index contributed by atoms with van der Waals surface area (Å²) in [4.78, 5) is 4.78. The van der Waals surface area contributed by atoms with E-state index < -0.39 is 0 Å². The Morgan fingerprint density at radius 3 is 2.80 bits per heavy atom. The fourth-order valence-corrected chi connectivity index (χ4v) is 3.24. The van der Waals surface area contributed by atoms with Gasteiger partial charge >= 0.3 is 0 Å². The van der Waals surface area contributed by atoms with Gasteiger partial charge in [-0.25, -0.2) is 4.98 Å². The number of thioether (sulfide) groups is 1. The molecule has 2 rings (SSSR count). The lowest BCUT2D eigenvalue weighted by atomic mass is 10.1. The predicted molar refractivity (Wildman–Crippen MR) is 87.3 cm³/mol. The van der Waals surface area contributed by atoms with Gasteiger partial charge in [-0.3, -0.25) is 0 Å². The first-order valence-electron chi connectivity index (χ1n) is 7.50. The van der Waals surface area contributed by atoms with Crippen molar-refractivity contribution in [3.8, 4) is 0 Å². The van der Waals surface area contributed by atoms with Crippen molar-refractivity contribution in [2.24, 2.45) is 11.7 Å². The number of hydrogen-bond acceptors (Lipinski definition) is 3. The molecular weight excluding hydrogens is 266 g/mol. The predicted octanol–water partition coefficient (Wildman–Crippen LogP) is 3.75. The summed E-state index contributed by atoms with van der Waals surface area (Å²) in [5.74, 6) is 1.84. The Bertz CT molecular complexity index is 550. The molecule has 2 N–H and O–H groups in total. The van der Waals surface area contributed by atoms with Crippen molar-refractivity contribution >= 4 is 17.4 Å². The smallest absolute Gasteiger partial charge is 0.138 e. The summed E-state index contributed by atoms with van der Waals surface area (Å²) < 4.78 is 2.19. The third-order valence-electron chi connectivity index (χ3n) is 3.77. The number of hydrogen-bond donors (Lipinski definition) is 1. The summed E-state index contributed by atoms with van der Waals surface area (Å²) in [6.45, 7) is 6.67. The average molecular weight is 291 g/mol. The van der Waals surface area contributed by atoms with E-state index in [0.717, 1.165) is 35.2 Å². The zero-order valence-electron chi connectivity index (χ0n) is 12.7. The van der Waals surface area contributed by atoms with Gasteiger partial charge in [-0.05, 0) is 24.5 Å². The molecule has 20 heavy (non-hydrogen) atoms. The molecule has 2 heterocycles. The van der Waals surface area contributed by atoms with E-state index in [1.54, 1.807) is 0 Å². The van der Waals surface area contributed by atoms with Crippen molar-refractivity contribution in [3.63, 3.8) is 0 Å². The van der Waals surface area contributed by atoms with Crippen molar-refractivity contribution in [2.75, 3.05) is 5.75 Å². The molecule has 2 unspecified atom stereocenters. The Kier molecular flexibility index (Phi) is 5.49. The molecule has 0 fully saturated rings. The maximum atomic E-state index is 6.16. The minimum absolute atomic E-state index is 0.207. The van der Waals surface area contributed by atoms with Crippen molar-refractivity contribution in [2.45, 2.75) is 51.1 Å². The van der Waals surface area contributed by atoms with E-state index in [0.29, 0.717) is 0 Å². The van der Waals surface area contributed by atoms with Crippen molar-refractivity contribution in [1.29, 1.82) is 0 Å². The van der Waals surface area contributed by atoms with Crippen LogP contribution in [0.15, 0.2) is 29.4 Å². The number of aromatic nitrogens is 2. The Morgan fingerprint density at radius 2 is 2.10 bits per heavy atom. The number of fused-ring (bicyclic) bond motifs is 1. The zero-order valence-corrected chi connectivity index (χ0v) is 13.5. The van der Waals surface area contributed by atoms with Gasteiger partial charge in [0.25, 0.3) is 0 Å². The lowest BCUT2D eigenvalue weighted by Gasteiger charge is -2.11. The highest BCUT2D eigenvalue weighted by molar-refractivity contribution is 7.99. The van der Waals surface area contributed by atoms with E-state index in [4.69, 9.17) is 10.7 Å². The molecule has 2 aromatic heterocycles. The summed E-state index contributed by atoms with van der Waals surface area (Å²) in [5, 5.41) is 1.15. The van der Waals surface area contributed by atoms with Gasteiger partial charge in [0.05, 0.1) is 5.69 Å². The average Bonchev–Trinajstić information content (AvgIpc) is 2.82. The van der Waals surface area contributed by atoms with Gasteiger partial charge in [0.15, 0.2) is 0 Å². The summed E-state index contributed by atoms with van der Waals surface area (Å²) in [6.07, 6.45) is 5.19. The van der Waals surface area contributed by atoms with Crippen LogP contribution in [-0.2, 0) is 6.42 Å². The molecule has 0 bridgehead atoms. The van der Waals surface area contributed by atoms with Crippen LogP contribution in [0.1, 0.15) is 39.3 Å². The van der Waals surface area contributed by atoms with E-state index >= 15 is 0 Å². The van der Waals surface area contributed by atoms with E-state index in [1.807, 2.05) is 17.8 Å². The Hall–Kier alpha value is -1.00. The summed E-state index contributed by atoms with van der Waals surface area (Å²) in [6, 6.07) is 6.36. The lowest BCUT2D eigenvalue weighted by molar-refractivity contribution is 0.624. The monoisotopic (exact) mass is 291 g/mol. The molecule has 0 amide bonds. The maximum Gasteiger partial charge on any atom is 0.138 e. The van der Waals surface area contributed by atoms with Gasteiger partial charge in [-0.2, -0.15) is 0 Å². The molecule has 110 valence electrons. The highest BCUT2D eigenvalue weighted by atomic mass is 32.2. The van der Waals surface area contributed by atoms with Crippen LogP contribution in [0.25, 0.3) is 5.65 Å². The van der Waals surface area contributed by atoms with Crippen molar-refractivity contribution < 1.29 is 0 Å². The molecule has 0 aliphatic carbocycles. The van der Waals surface area contributed by atoms with Crippen LogP contribution in [0.2, 0.25) is 0 Å². The number of nitrogens with zero attached hydrogens (tertiary/aromatic N) is 2. The van der Waals surface area contributed by atoms with Crippen molar-refractivity contribution in [1.82, 2.24) is 9.38 Å². The molecule has 2 atom stereocenters. The molecule has 3 nitrogen and oxygen atoms in total. The van der Waals surface area contributed by atoms with Gasteiger partial charge in [-0.15, -0.1) is 11.8 Å². The molecule has 0 aliphatic heterocycles. The standard InChI is InChI=1S/C16H25N3S/c1-4-12(3)11-20-16-14(10-13(17)5-2)19-9-7-6-8-15(19)18-16/h6-9,12-13H,4-5,10-11,17H2,1-3H3. The topological polar surface area (TPSA) is 43.3 Å². The fraction of sp³-hybridized carbons (Fsp3) is 0.562. The van der Waals surface area contributed by atoms with Crippen LogP contribution < -0.4 is 5.73 Å². The highest BCUT2D eigenvalue weighted by Crippen LogP contribution is 2.27. The highest BCUT2D eigenvalue weighted by Gasteiger charge is 2.15. The molecule has 0 saturated carbocycles. The Balaban J connectivity index is 2.28. The van der Waals surface area contributed by atoms with E-state index in [9.17, 15) is 0 Å². The minimum Gasteiger partial charge on any atom is -0.327 e. The maximum absolute atomic E-state index is 6.16. The molecule has 0 aliphatic rings. The lowest BCUT2D eigenvalue weighted by Crippen LogP contribution is -2.22. The SMILES string of the molecule is CCC(C)CSc1nc2ccccn2c1CC(N)CC. The molecule has 4 heteroatoms. The summed E-state index contributed by atoms with van der Waals surface area (Å²) >= 11 is 1.87. The van der Waals surface area contributed by atoms with Gasteiger partial charge in [0.1, 0.15) is 10.7 Å². The second-order valence-corrected chi connectivity index (χ2v) is 6.50. The normalized spacial score (nSPS) is 14.6. The quantitative estimate of drug-likeness (QED) is 0.790. The van der Waals surface area contributed by atoms with Crippen LogP contribution in [0.3, 0.4) is 0 Å². The molecule has 0 aromatic carbocycles. The first kappa shape index (κ1) is 15.4. The van der Waals surface area contributed by atoms with Crippen LogP contribution in [0.5, 0.6) is 0 Å². The third-order valence-corrected chi connectivity index (χ3v) is 5.11. The van der Waals surface area contributed by atoms with Crippen LogP contribution in [-0.4, -0.2) is 21.2 Å². The van der Waals surface area contributed by atoms with Gasteiger partial charge < -0.3 is 10.1 Å². The second kappa shape index (κ2) is 7.14. The number of nitrogens with two attached hydrogens (primary N) is 1. The van der Waals surface area contributed by atoms with Gasteiger partial charge in [0.2, 0.25) is 0 Å². The molecule has 0 saturated heterocycles. The minimum atomic E-state index is 0.207. The summed E-state index contributed by atoms with van der Waals surface area (Å²) in [7, 11) is 0. The van der Waals surface area contributed by atoms with Crippen molar-refractivity contribution in [3.05, 3.63) is 30.1 Å². The van der Waals surface area contributed by atoms with Crippen LogP contribution in [0, 0.1) is 5.92 Å². The summed E-state index contributed by atoms with van der Waals surface area (Å²) in [5.41, 5.74) is 8.45. The molecule has 0 spiro atoms. The van der Waals surface area contributed by atoms with Gasteiger partial charge in [0, 0.05) is 24.4 Å². The van der Waals surface area contributed by atoms with E-state index in [1.165, 1.54) is 12.1 Å². The zero-order chi connectivity index (χ0) is 14.5. The largest absolute Gasteiger partial charge is 0.327 e. The first-order chi connectivity index (χ1) is 9.65. The Morgan fingerprint density at radius 1 is 1.30 bits per heavy atom. The van der Waals surface area contributed by atoms with Crippen LogP contribution in [0.4, 0.5) is 0 Å². The van der Waals surface area contributed by atoms with Gasteiger partial charge in [-0.1, -0.05) is 33.3 Å². The first-order valence-corrected chi connectivity index (χ1v) is 8.48. The number of imidazole rings is 1. The van der Waals surface area contributed by atoms with Crippen LogP contribution >= 0.6 is 11.8 Å². The number of rotatable bonds is 7. The van der Waals surface area contributed by atoms with E-state index in [2.05, 4.69) is 43.5 Å². The number of pyridine rings is 1. The van der Waals surface area contributed by atoms with E-state index in [-0.39, 0.29) is 6.04 Å². The second-order valence-electron chi connectivity index (χ2n) is 5.49. The fourth-order valence-electron chi connectivity index (χ4n) is 2.06. The molecular formula is C16H25N3S. The molecule has 2 aromatic rings.